The molecular weight excluding hydrogens is 172 g/mol. The van der Waals surface area contributed by atoms with Gasteiger partial charge in [0.1, 0.15) is 0 Å². The fourth-order valence-electron chi connectivity index (χ4n) is 1.46. The monoisotopic (exact) mass is 189 g/mol. The molecule has 0 amide bonds. The highest BCUT2D eigenvalue weighted by Gasteiger charge is 2.06. The Hall–Kier alpha value is -1.11. The predicted molar refractivity (Wildman–Crippen MR) is 59.4 cm³/mol. The first-order valence-corrected chi connectivity index (χ1v) is 5.20. The average Bonchev–Trinajstić information content (AvgIpc) is 2.18. The van der Waals surface area contributed by atoms with E-state index in [1.54, 1.807) is 0 Å². The quantitative estimate of drug-likeness (QED) is 0.510. The van der Waals surface area contributed by atoms with Crippen LogP contribution in [0.25, 0.3) is 0 Å². The molecule has 0 aromatic heterocycles. The number of hydrogen-bond acceptors (Lipinski definition) is 1. The molecule has 1 heteroatoms. The first-order chi connectivity index (χ1) is 6.75. The highest BCUT2D eigenvalue weighted by atomic mass is 16.1. The van der Waals surface area contributed by atoms with E-state index in [0.717, 1.165) is 30.4 Å². The van der Waals surface area contributed by atoms with Crippen molar-refractivity contribution >= 4 is 5.78 Å². The van der Waals surface area contributed by atoms with Crippen LogP contribution in [0.4, 0.5) is 0 Å². The minimum atomic E-state index is 0.226. The van der Waals surface area contributed by atoms with E-state index in [9.17, 15) is 4.79 Å². The van der Waals surface area contributed by atoms with Gasteiger partial charge in [-0.05, 0) is 18.9 Å². The maximum absolute atomic E-state index is 11.7. The Balaban J connectivity index is 2.56. The van der Waals surface area contributed by atoms with Crippen LogP contribution in [0.15, 0.2) is 24.3 Å². The zero-order valence-corrected chi connectivity index (χ0v) is 8.75. The van der Waals surface area contributed by atoms with Crippen molar-refractivity contribution in [2.24, 2.45) is 0 Å². The van der Waals surface area contributed by atoms with Crippen LogP contribution in [0, 0.1) is 6.92 Å². The number of hydrogen-bond donors (Lipinski definition) is 0. The second kappa shape index (κ2) is 5.58. The molecule has 1 aromatic rings. The molecule has 75 valence electrons. The number of rotatable bonds is 5. The third-order valence-corrected chi connectivity index (χ3v) is 2.33. The van der Waals surface area contributed by atoms with E-state index >= 15 is 0 Å². The summed E-state index contributed by atoms with van der Waals surface area (Å²) in [7, 11) is 0. The van der Waals surface area contributed by atoms with E-state index in [2.05, 4.69) is 13.8 Å². The van der Waals surface area contributed by atoms with Crippen molar-refractivity contribution in [2.45, 2.75) is 32.6 Å². The standard InChI is InChI=1S/C13H17O/c1-3-4-5-10-13(14)12-9-7-6-8-11(12)2/h6-9H,2-5,10H2,1H3. The van der Waals surface area contributed by atoms with Crippen LogP contribution in [0.5, 0.6) is 0 Å². The lowest BCUT2D eigenvalue weighted by molar-refractivity contribution is 0.0979. The van der Waals surface area contributed by atoms with E-state index in [-0.39, 0.29) is 5.78 Å². The Labute approximate surface area is 86.1 Å². The summed E-state index contributed by atoms with van der Waals surface area (Å²) < 4.78 is 0. The molecule has 0 N–H and O–H groups in total. The van der Waals surface area contributed by atoms with Gasteiger partial charge in [-0.2, -0.15) is 0 Å². The molecule has 1 rings (SSSR count). The van der Waals surface area contributed by atoms with Crippen molar-refractivity contribution in [1.82, 2.24) is 0 Å². The van der Waals surface area contributed by atoms with E-state index in [1.807, 2.05) is 24.3 Å². The van der Waals surface area contributed by atoms with Crippen LogP contribution >= 0.6 is 0 Å². The van der Waals surface area contributed by atoms with Gasteiger partial charge in [0.05, 0.1) is 0 Å². The molecular formula is C13H17O. The van der Waals surface area contributed by atoms with Gasteiger partial charge in [-0.25, -0.2) is 0 Å². The van der Waals surface area contributed by atoms with Crippen molar-refractivity contribution in [3.8, 4) is 0 Å². The van der Waals surface area contributed by atoms with Crippen molar-refractivity contribution in [2.75, 3.05) is 0 Å². The van der Waals surface area contributed by atoms with Gasteiger partial charge in [0, 0.05) is 12.0 Å². The van der Waals surface area contributed by atoms with Gasteiger partial charge < -0.3 is 0 Å². The summed E-state index contributed by atoms with van der Waals surface area (Å²) in [6.07, 6.45) is 3.92. The van der Waals surface area contributed by atoms with E-state index in [0.29, 0.717) is 6.42 Å². The number of carbonyl (C=O) groups is 1. The lowest BCUT2D eigenvalue weighted by Crippen LogP contribution is -2.01. The molecule has 1 aromatic carbocycles. The summed E-state index contributed by atoms with van der Waals surface area (Å²) in [5.74, 6) is 0.226. The summed E-state index contributed by atoms with van der Waals surface area (Å²) in [5.41, 5.74) is 1.62. The minimum Gasteiger partial charge on any atom is -0.294 e. The van der Waals surface area contributed by atoms with E-state index in [1.165, 1.54) is 0 Å². The van der Waals surface area contributed by atoms with Gasteiger partial charge in [-0.1, -0.05) is 44.0 Å². The van der Waals surface area contributed by atoms with Crippen LogP contribution in [0.3, 0.4) is 0 Å². The van der Waals surface area contributed by atoms with Crippen LogP contribution in [0.1, 0.15) is 48.5 Å². The maximum atomic E-state index is 11.7. The predicted octanol–water partition coefficient (Wildman–Crippen LogP) is 3.63. The van der Waals surface area contributed by atoms with Gasteiger partial charge in [0.25, 0.3) is 0 Å². The molecule has 0 atom stereocenters. The fraction of sp³-hybridized carbons (Fsp3) is 0.385. The SMILES string of the molecule is [CH2]c1ccccc1C(=O)CCCCC. The van der Waals surface area contributed by atoms with E-state index in [4.69, 9.17) is 0 Å². The summed E-state index contributed by atoms with van der Waals surface area (Å²) >= 11 is 0. The smallest absolute Gasteiger partial charge is 0.163 e. The summed E-state index contributed by atoms with van der Waals surface area (Å²) in [5, 5.41) is 0. The zero-order valence-electron chi connectivity index (χ0n) is 8.75. The van der Waals surface area contributed by atoms with Crippen LogP contribution in [-0.2, 0) is 0 Å². The van der Waals surface area contributed by atoms with Gasteiger partial charge in [0.2, 0.25) is 0 Å². The molecule has 0 aliphatic heterocycles. The van der Waals surface area contributed by atoms with Gasteiger partial charge in [-0.3, -0.25) is 4.79 Å². The van der Waals surface area contributed by atoms with E-state index < -0.39 is 0 Å². The first-order valence-electron chi connectivity index (χ1n) is 5.20. The second-order valence-electron chi connectivity index (χ2n) is 3.54. The number of Topliss-reactive ketones (excluding diaryl/α,β-unsaturated/α-hetero) is 1. The Morgan fingerprint density at radius 1 is 1.29 bits per heavy atom. The zero-order chi connectivity index (χ0) is 10.4. The molecule has 1 nitrogen and oxygen atoms in total. The molecule has 0 fully saturated rings. The number of carbonyl (C=O) groups excluding carboxylic acids is 1. The molecule has 0 saturated heterocycles. The number of ketones is 1. The third-order valence-electron chi connectivity index (χ3n) is 2.33. The molecule has 0 heterocycles. The molecule has 1 radical (unpaired) electrons. The topological polar surface area (TPSA) is 17.1 Å². The van der Waals surface area contributed by atoms with Crippen molar-refractivity contribution in [3.63, 3.8) is 0 Å². The van der Waals surface area contributed by atoms with Crippen LogP contribution < -0.4 is 0 Å². The Kier molecular flexibility index (Phi) is 4.37. The Bertz CT molecular complexity index is 302. The number of unbranched alkanes of at least 4 members (excludes halogenated alkanes) is 2. The molecule has 0 aliphatic carbocycles. The van der Waals surface area contributed by atoms with Gasteiger partial charge >= 0.3 is 0 Å². The average molecular weight is 189 g/mol. The Morgan fingerprint density at radius 3 is 2.64 bits per heavy atom. The van der Waals surface area contributed by atoms with Crippen molar-refractivity contribution in [3.05, 3.63) is 42.3 Å². The summed E-state index contributed by atoms with van der Waals surface area (Å²) in [6.45, 7) is 5.99. The summed E-state index contributed by atoms with van der Waals surface area (Å²) in [6, 6.07) is 7.54. The molecule has 0 unspecified atom stereocenters. The fourth-order valence-corrected chi connectivity index (χ4v) is 1.46. The normalized spacial score (nSPS) is 10.1. The molecule has 0 saturated carbocycles. The van der Waals surface area contributed by atoms with Crippen LogP contribution in [-0.4, -0.2) is 5.78 Å². The molecule has 14 heavy (non-hydrogen) atoms. The highest BCUT2D eigenvalue weighted by Crippen LogP contribution is 2.12. The van der Waals surface area contributed by atoms with Gasteiger partial charge in [0.15, 0.2) is 5.78 Å². The second-order valence-corrected chi connectivity index (χ2v) is 3.54. The van der Waals surface area contributed by atoms with Crippen molar-refractivity contribution in [1.29, 1.82) is 0 Å². The lowest BCUT2D eigenvalue weighted by Gasteiger charge is -2.03. The van der Waals surface area contributed by atoms with Crippen molar-refractivity contribution < 1.29 is 4.79 Å². The molecule has 0 bridgehead atoms. The highest BCUT2D eigenvalue weighted by molar-refractivity contribution is 5.97. The number of benzene rings is 1. The summed E-state index contributed by atoms with van der Waals surface area (Å²) in [4.78, 5) is 11.7. The molecule has 0 spiro atoms. The van der Waals surface area contributed by atoms with Gasteiger partial charge in [-0.15, -0.1) is 0 Å². The molecule has 0 aliphatic rings. The third kappa shape index (κ3) is 2.99. The minimum absolute atomic E-state index is 0.226. The first kappa shape index (κ1) is 11.0. The van der Waals surface area contributed by atoms with Crippen LogP contribution in [0.2, 0.25) is 0 Å². The maximum Gasteiger partial charge on any atom is 0.163 e. The Morgan fingerprint density at radius 2 is 2.00 bits per heavy atom. The largest absolute Gasteiger partial charge is 0.294 e. The lowest BCUT2D eigenvalue weighted by atomic mass is 10.0.